The van der Waals surface area contributed by atoms with Crippen molar-refractivity contribution in [3.05, 3.63) is 77.1 Å². The van der Waals surface area contributed by atoms with E-state index in [1.807, 2.05) is 50.2 Å². The predicted octanol–water partition coefficient (Wildman–Crippen LogP) is 5.55. The number of carbonyl (C=O) groups is 3. The Kier molecular flexibility index (Phi) is 10.4. The summed E-state index contributed by atoms with van der Waals surface area (Å²) in [6, 6.07) is 16.5. The minimum absolute atomic E-state index is 0.0404. The fraction of sp³-hybridized carbons (Fsp3) is 0.455. The lowest BCUT2D eigenvalue weighted by molar-refractivity contribution is -0.122. The van der Waals surface area contributed by atoms with E-state index in [0.717, 1.165) is 67.6 Å². The van der Waals surface area contributed by atoms with E-state index in [2.05, 4.69) is 27.3 Å². The highest BCUT2D eigenvalue weighted by Crippen LogP contribution is 2.28. The number of rotatable bonds is 7. The largest absolute Gasteiger partial charge is 0.483 e. The maximum Gasteiger partial charge on any atom is 0.290 e. The van der Waals surface area contributed by atoms with Gasteiger partial charge >= 0.3 is 0 Å². The first-order chi connectivity index (χ1) is 19.4. The molecule has 3 aromatic rings. The average Bonchev–Trinajstić information content (AvgIpc) is 3.18. The number of nitrogens with zero attached hydrogens (tertiary/aromatic N) is 2. The predicted molar refractivity (Wildman–Crippen MR) is 158 cm³/mol. The molecule has 2 heterocycles. The van der Waals surface area contributed by atoms with Crippen molar-refractivity contribution in [2.24, 2.45) is 11.8 Å². The van der Waals surface area contributed by atoms with Gasteiger partial charge in [0.25, 0.3) is 12.4 Å². The van der Waals surface area contributed by atoms with Gasteiger partial charge in [0.15, 0.2) is 5.78 Å². The summed E-state index contributed by atoms with van der Waals surface area (Å²) in [7, 11) is 0. The van der Waals surface area contributed by atoms with E-state index < -0.39 is 0 Å². The quantitative estimate of drug-likeness (QED) is 0.299. The molecule has 1 amide bonds. The van der Waals surface area contributed by atoms with Gasteiger partial charge in [-0.05, 0) is 86.1 Å². The number of hydrogen-bond donors (Lipinski definition) is 2. The van der Waals surface area contributed by atoms with Crippen LogP contribution in [0.5, 0.6) is 0 Å². The van der Waals surface area contributed by atoms with Crippen LogP contribution in [0.2, 0.25) is 0 Å². The smallest absolute Gasteiger partial charge is 0.290 e. The van der Waals surface area contributed by atoms with Crippen molar-refractivity contribution < 1.29 is 19.5 Å². The number of ketones is 1. The van der Waals surface area contributed by atoms with E-state index in [0.29, 0.717) is 5.69 Å². The van der Waals surface area contributed by atoms with Crippen LogP contribution in [-0.4, -0.2) is 58.8 Å². The van der Waals surface area contributed by atoms with Crippen molar-refractivity contribution in [1.29, 1.82) is 0 Å². The van der Waals surface area contributed by atoms with Crippen LogP contribution in [0.4, 0.5) is 0 Å². The molecule has 1 aliphatic heterocycles. The summed E-state index contributed by atoms with van der Waals surface area (Å²) in [6.45, 7) is 6.98. The molecule has 1 saturated carbocycles. The van der Waals surface area contributed by atoms with Crippen molar-refractivity contribution >= 4 is 28.9 Å². The van der Waals surface area contributed by atoms with Gasteiger partial charge in [-0.1, -0.05) is 50.2 Å². The third-order valence-electron chi connectivity index (χ3n) is 8.33. The molecule has 5 rings (SSSR count). The third-order valence-corrected chi connectivity index (χ3v) is 8.33. The van der Waals surface area contributed by atoms with E-state index in [-0.39, 0.29) is 30.1 Å². The Hall–Kier alpha value is -3.58. The Morgan fingerprint density at radius 1 is 1.02 bits per heavy atom. The van der Waals surface area contributed by atoms with Crippen molar-refractivity contribution in [2.45, 2.75) is 64.8 Å². The van der Waals surface area contributed by atoms with Crippen molar-refractivity contribution in [3.63, 3.8) is 0 Å². The van der Waals surface area contributed by atoms with E-state index in [1.54, 1.807) is 6.20 Å². The van der Waals surface area contributed by atoms with E-state index in [1.165, 1.54) is 30.4 Å². The van der Waals surface area contributed by atoms with Gasteiger partial charge in [0.1, 0.15) is 5.69 Å². The Labute approximate surface area is 237 Å². The molecule has 0 saturated heterocycles. The number of carbonyl (C=O) groups excluding carboxylic acids is 2. The molecule has 1 fully saturated rings. The number of Topliss-reactive ketones (excluding diaryl/α,β-unsaturated/α-hetero) is 1. The Balaban J connectivity index is 0.00000118. The first-order valence-electron chi connectivity index (χ1n) is 14.5. The first kappa shape index (κ1) is 29.4. The summed E-state index contributed by atoms with van der Waals surface area (Å²) in [6.07, 6.45) is 9.45. The molecule has 2 aliphatic rings. The van der Waals surface area contributed by atoms with E-state index in [9.17, 15) is 9.59 Å². The summed E-state index contributed by atoms with van der Waals surface area (Å²) < 4.78 is 0. The second-order valence-corrected chi connectivity index (χ2v) is 11.3. The molecular formula is C33H41N3O4. The van der Waals surface area contributed by atoms with Gasteiger partial charge in [-0.15, -0.1) is 0 Å². The molecule has 0 bridgehead atoms. The second kappa shape index (κ2) is 14.2. The number of pyridine rings is 1. The van der Waals surface area contributed by atoms with Gasteiger partial charge in [0, 0.05) is 42.2 Å². The van der Waals surface area contributed by atoms with Crippen molar-refractivity contribution in [3.8, 4) is 0 Å². The number of fused-ring (bicyclic) bond motifs is 2. The molecule has 1 aromatic heterocycles. The van der Waals surface area contributed by atoms with E-state index in [4.69, 9.17) is 9.90 Å². The average molecular weight is 544 g/mol. The minimum Gasteiger partial charge on any atom is -0.483 e. The molecule has 0 radical (unpaired) electrons. The summed E-state index contributed by atoms with van der Waals surface area (Å²) in [5.74, 6) is 0.954. The maximum atomic E-state index is 13.0. The van der Waals surface area contributed by atoms with Crippen LogP contribution in [0.15, 0.2) is 54.7 Å². The zero-order chi connectivity index (χ0) is 28.5. The van der Waals surface area contributed by atoms with Crippen LogP contribution in [0.25, 0.3) is 10.8 Å². The van der Waals surface area contributed by atoms with Crippen molar-refractivity contribution in [2.75, 3.05) is 19.6 Å². The van der Waals surface area contributed by atoms with Gasteiger partial charge in [-0.25, -0.2) is 0 Å². The fourth-order valence-corrected chi connectivity index (χ4v) is 6.00. The number of hydrogen-bond acceptors (Lipinski definition) is 5. The van der Waals surface area contributed by atoms with Crippen LogP contribution < -0.4 is 5.32 Å². The molecule has 0 spiro atoms. The number of amides is 1. The third kappa shape index (κ3) is 7.54. The fourth-order valence-electron chi connectivity index (χ4n) is 6.00. The lowest BCUT2D eigenvalue weighted by atomic mass is 9.84. The van der Waals surface area contributed by atoms with Gasteiger partial charge in [-0.2, -0.15) is 0 Å². The highest BCUT2D eigenvalue weighted by Gasteiger charge is 2.25. The molecule has 2 N–H and O–H groups in total. The molecule has 7 nitrogen and oxygen atoms in total. The number of benzene rings is 2. The van der Waals surface area contributed by atoms with Crippen LogP contribution in [0, 0.1) is 11.8 Å². The topological polar surface area (TPSA) is 99.6 Å². The molecule has 2 aromatic carbocycles. The molecule has 7 heteroatoms. The van der Waals surface area contributed by atoms with Gasteiger partial charge in [0.2, 0.25) is 0 Å². The van der Waals surface area contributed by atoms with Gasteiger partial charge in [-0.3, -0.25) is 19.4 Å². The van der Waals surface area contributed by atoms with Crippen LogP contribution in [0.1, 0.15) is 77.9 Å². The zero-order valence-electron chi connectivity index (χ0n) is 23.6. The number of aromatic nitrogens is 1. The standard InChI is InChI=1S/C32H39N3O2.CH2O2/c1-22(2)31(36)27-10-9-24-15-19-35(20-16-26(24)21-27)18-14-23-7-11-28(12-8-23)34-32(37)30-29-6-4-3-5-25(29)13-17-33-30;2-1-3/h3-6,9-10,13,17,21-23,28H,7-8,11-12,14-16,18-20H2,1-2H3,(H,34,37);1H,(H,2,3)/t23-,28-;. The molecule has 40 heavy (non-hydrogen) atoms. The van der Waals surface area contributed by atoms with E-state index >= 15 is 0 Å². The minimum atomic E-state index is -0.250. The summed E-state index contributed by atoms with van der Waals surface area (Å²) >= 11 is 0. The van der Waals surface area contributed by atoms with Crippen LogP contribution >= 0.6 is 0 Å². The molecule has 0 unspecified atom stereocenters. The molecule has 1 aliphatic carbocycles. The summed E-state index contributed by atoms with van der Waals surface area (Å²) in [5, 5.41) is 12.1. The Morgan fingerprint density at radius 2 is 1.73 bits per heavy atom. The van der Waals surface area contributed by atoms with Crippen LogP contribution in [-0.2, 0) is 17.6 Å². The molecule has 212 valence electrons. The highest BCUT2D eigenvalue weighted by atomic mass is 16.3. The second-order valence-electron chi connectivity index (χ2n) is 11.3. The molecule has 0 atom stereocenters. The Bertz CT molecular complexity index is 1310. The maximum absolute atomic E-state index is 13.0. The highest BCUT2D eigenvalue weighted by molar-refractivity contribution is 6.05. The first-order valence-corrected chi connectivity index (χ1v) is 14.5. The van der Waals surface area contributed by atoms with Gasteiger partial charge in [0.05, 0.1) is 0 Å². The van der Waals surface area contributed by atoms with Crippen LogP contribution in [0.3, 0.4) is 0 Å². The zero-order valence-corrected chi connectivity index (χ0v) is 23.6. The SMILES string of the molecule is CC(C)C(=O)c1ccc2c(c1)CCN(CC[C@H]1CC[C@H](NC(=O)c3nccc4ccccc34)CC1)CC2.O=CO. The van der Waals surface area contributed by atoms with Crippen molar-refractivity contribution in [1.82, 2.24) is 15.2 Å². The Morgan fingerprint density at radius 3 is 2.45 bits per heavy atom. The summed E-state index contributed by atoms with van der Waals surface area (Å²) in [4.78, 5) is 40.7. The number of carboxylic acid groups (broad SMARTS) is 1. The lowest BCUT2D eigenvalue weighted by Crippen LogP contribution is -2.38. The van der Waals surface area contributed by atoms with Gasteiger partial charge < -0.3 is 15.3 Å². The monoisotopic (exact) mass is 543 g/mol. The molecular weight excluding hydrogens is 502 g/mol. The summed E-state index contributed by atoms with van der Waals surface area (Å²) in [5.41, 5.74) is 4.15. The lowest BCUT2D eigenvalue weighted by Gasteiger charge is -2.30. The normalized spacial score (nSPS) is 19.2. The number of nitrogens with one attached hydrogen (secondary N) is 1.